The Morgan fingerprint density at radius 3 is 2.30 bits per heavy atom. The van der Waals surface area contributed by atoms with Gasteiger partial charge in [0.25, 0.3) is 0 Å². The molecule has 0 unspecified atom stereocenters. The second-order valence-electron chi connectivity index (χ2n) is 3.96. The van der Waals surface area contributed by atoms with Gasteiger partial charge in [-0.05, 0) is 0 Å². The van der Waals surface area contributed by atoms with E-state index in [-0.39, 0.29) is 11.4 Å². The SMILES string of the molecule is COc1cc(N)c(NC(=O)CCC(F)(F)F)cc1OC. The Labute approximate surface area is 113 Å². The molecule has 0 radical (unpaired) electrons. The van der Waals surface area contributed by atoms with Gasteiger partial charge >= 0.3 is 6.18 Å². The number of benzene rings is 1. The highest BCUT2D eigenvalue weighted by Crippen LogP contribution is 2.35. The van der Waals surface area contributed by atoms with Crippen molar-refractivity contribution >= 4 is 17.3 Å². The van der Waals surface area contributed by atoms with Gasteiger partial charge in [-0.1, -0.05) is 0 Å². The number of halogens is 3. The number of carbonyl (C=O) groups excluding carboxylic acids is 1. The molecule has 1 rings (SSSR count). The maximum atomic E-state index is 12.0. The van der Waals surface area contributed by atoms with Gasteiger partial charge in [0.05, 0.1) is 32.0 Å². The van der Waals surface area contributed by atoms with Crippen molar-refractivity contribution in [3.63, 3.8) is 0 Å². The summed E-state index contributed by atoms with van der Waals surface area (Å²) < 4.78 is 46.0. The monoisotopic (exact) mass is 292 g/mol. The Bertz CT molecular complexity index is 490. The zero-order valence-electron chi connectivity index (χ0n) is 11.0. The van der Waals surface area contributed by atoms with Crippen LogP contribution in [0.2, 0.25) is 0 Å². The second-order valence-corrected chi connectivity index (χ2v) is 3.96. The number of hydrogen-bond acceptors (Lipinski definition) is 4. The number of rotatable bonds is 5. The van der Waals surface area contributed by atoms with Crippen molar-refractivity contribution in [2.75, 3.05) is 25.3 Å². The number of amides is 1. The fourth-order valence-corrected chi connectivity index (χ4v) is 1.47. The van der Waals surface area contributed by atoms with E-state index in [2.05, 4.69) is 5.32 Å². The van der Waals surface area contributed by atoms with Crippen LogP contribution in [0.15, 0.2) is 12.1 Å². The number of nitrogens with one attached hydrogen (secondary N) is 1. The summed E-state index contributed by atoms with van der Waals surface area (Å²) >= 11 is 0. The number of nitrogens with two attached hydrogens (primary N) is 1. The Morgan fingerprint density at radius 2 is 1.80 bits per heavy atom. The standard InChI is InChI=1S/C12H15F3N2O3/c1-19-9-5-7(16)8(6-10(9)20-2)17-11(18)3-4-12(13,14)15/h5-6H,3-4,16H2,1-2H3,(H,17,18). The number of carbonyl (C=O) groups is 1. The van der Waals surface area contributed by atoms with Crippen LogP contribution in [0.1, 0.15) is 12.8 Å². The first-order valence-electron chi connectivity index (χ1n) is 5.65. The van der Waals surface area contributed by atoms with Gasteiger partial charge in [-0.3, -0.25) is 4.79 Å². The normalized spacial score (nSPS) is 11.1. The molecular weight excluding hydrogens is 277 g/mol. The molecule has 3 N–H and O–H groups in total. The molecule has 1 aromatic rings. The molecule has 20 heavy (non-hydrogen) atoms. The number of nitrogen functional groups attached to an aromatic ring is 1. The Hall–Kier alpha value is -2.12. The van der Waals surface area contributed by atoms with E-state index >= 15 is 0 Å². The van der Waals surface area contributed by atoms with E-state index in [4.69, 9.17) is 15.2 Å². The molecule has 0 saturated heterocycles. The summed E-state index contributed by atoms with van der Waals surface area (Å²) in [5.74, 6) is -0.104. The van der Waals surface area contributed by atoms with E-state index in [1.54, 1.807) is 0 Å². The van der Waals surface area contributed by atoms with Crippen molar-refractivity contribution in [2.24, 2.45) is 0 Å². The fraction of sp³-hybridized carbons (Fsp3) is 0.417. The Kier molecular flexibility index (Phi) is 5.06. The molecule has 112 valence electrons. The molecule has 0 bridgehead atoms. The molecule has 1 amide bonds. The zero-order valence-corrected chi connectivity index (χ0v) is 11.0. The Morgan fingerprint density at radius 1 is 1.25 bits per heavy atom. The molecule has 0 spiro atoms. The Balaban J connectivity index is 2.79. The van der Waals surface area contributed by atoms with Gasteiger partial charge < -0.3 is 20.5 Å². The van der Waals surface area contributed by atoms with Crippen LogP contribution in [0.4, 0.5) is 24.5 Å². The van der Waals surface area contributed by atoms with Crippen molar-refractivity contribution in [3.8, 4) is 11.5 Å². The van der Waals surface area contributed by atoms with E-state index in [1.165, 1.54) is 26.4 Å². The third-order valence-electron chi connectivity index (χ3n) is 2.47. The minimum Gasteiger partial charge on any atom is -0.493 e. The van der Waals surface area contributed by atoms with E-state index in [0.717, 1.165) is 0 Å². The third-order valence-corrected chi connectivity index (χ3v) is 2.47. The summed E-state index contributed by atoms with van der Waals surface area (Å²) in [4.78, 5) is 11.4. The fourth-order valence-electron chi connectivity index (χ4n) is 1.47. The van der Waals surface area contributed by atoms with Gasteiger partial charge in [-0.15, -0.1) is 0 Å². The average Bonchev–Trinajstić information content (AvgIpc) is 2.37. The highest BCUT2D eigenvalue weighted by molar-refractivity contribution is 5.94. The zero-order chi connectivity index (χ0) is 15.3. The first-order valence-corrected chi connectivity index (χ1v) is 5.65. The van der Waals surface area contributed by atoms with E-state index in [1.807, 2.05) is 0 Å². The first-order chi connectivity index (χ1) is 9.26. The summed E-state index contributed by atoms with van der Waals surface area (Å²) in [6.45, 7) is 0. The molecule has 0 fully saturated rings. The first kappa shape index (κ1) is 15.9. The predicted molar refractivity (Wildman–Crippen MR) is 67.9 cm³/mol. The molecule has 5 nitrogen and oxygen atoms in total. The number of alkyl halides is 3. The van der Waals surface area contributed by atoms with Crippen LogP contribution >= 0.6 is 0 Å². The third kappa shape index (κ3) is 4.52. The summed E-state index contributed by atoms with van der Waals surface area (Å²) in [7, 11) is 2.81. The molecule has 1 aromatic carbocycles. The number of hydrogen-bond donors (Lipinski definition) is 2. The van der Waals surface area contributed by atoms with Crippen LogP contribution in [-0.4, -0.2) is 26.3 Å². The highest BCUT2D eigenvalue weighted by Gasteiger charge is 2.28. The van der Waals surface area contributed by atoms with E-state index in [0.29, 0.717) is 11.5 Å². The van der Waals surface area contributed by atoms with Gasteiger partial charge in [0.2, 0.25) is 5.91 Å². The quantitative estimate of drug-likeness (QED) is 0.818. The topological polar surface area (TPSA) is 73.6 Å². The summed E-state index contributed by atoms with van der Waals surface area (Å²) in [5, 5.41) is 2.31. The van der Waals surface area contributed by atoms with Crippen LogP contribution < -0.4 is 20.5 Å². The minimum absolute atomic E-state index is 0.169. The molecule has 0 saturated carbocycles. The van der Waals surface area contributed by atoms with Crippen LogP contribution in [0, 0.1) is 0 Å². The second kappa shape index (κ2) is 6.36. The number of anilines is 2. The van der Waals surface area contributed by atoms with Crippen LogP contribution in [-0.2, 0) is 4.79 Å². The van der Waals surface area contributed by atoms with E-state index in [9.17, 15) is 18.0 Å². The van der Waals surface area contributed by atoms with Crippen molar-refractivity contribution in [1.82, 2.24) is 0 Å². The van der Waals surface area contributed by atoms with Crippen molar-refractivity contribution in [1.29, 1.82) is 0 Å². The minimum atomic E-state index is -4.37. The number of ether oxygens (including phenoxy) is 2. The van der Waals surface area contributed by atoms with Crippen molar-refractivity contribution in [2.45, 2.75) is 19.0 Å². The maximum absolute atomic E-state index is 12.0. The lowest BCUT2D eigenvalue weighted by Gasteiger charge is -2.13. The summed E-state index contributed by atoms with van der Waals surface area (Å²) in [5.41, 5.74) is 6.02. The lowest BCUT2D eigenvalue weighted by Crippen LogP contribution is -2.17. The highest BCUT2D eigenvalue weighted by atomic mass is 19.4. The van der Waals surface area contributed by atoms with Gasteiger partial charge in [0.15, 0.2) is 11.5 Å². The lowest BCUT2D eigenvalue weighted by molar-refractivity contribution is -0.142. The van der Waals surface area contributed by atoms with Gasteiger partial charge in [-0.2, -0.15) is 13.2 Å². The molecule has 0 atom stereocenters. The van der Waals surface area contributed by atoms with Crippen molar-refractivity contribution in [3.05, 3.63) is 12.1 Å². The van der Waals surface area contributed by atoms with E-state index < -0.39 is 24.9 Å². The van der Waals surface area contributed by atoms with Crippen LogP contribution in [0.5, 0.6) is 11.5 Å². The molecule has 0 aliphatic heterocycles. The molecule has 0 aliphatic carbocycles. The van der Waals surface area contributed by atoms with Gasteiger partial charge in [-0.25, -0.2) is 0 Å². The summed E-state index contributed by atoms with van der Waals surface area (Å²) in [6.07, 6.45) is -6.23. The molecular formula is C12H15F3N2O3. The predicted octanol–water partition coefficient (Wildman–Crippen LogP) is 2.57. The smallest absolute Gasteiger partial charge is 0.389 e. The van der Waals surface area contributed by atoms with Crippen LogP contribution in [0.3, 0.4) is 0 Å². The average molecular weight is 292 g/mol. The molecule has 0 aromatic heterocycles. The maximum Gasteiger partial charge on any atom is 0.389 e. The lowest BCUT2D eigenvalue weighted by atomic mass is 10.2. The molecule has 0 heterocycles. The van der Waals surface area contributed by atoms with Gasteiger partial charge in [0, 0.05) is 18.6 Å². The van der Waals surface area contributed by atoms with Crippen LogP contribution in [0.25, 0.3) is 0 Å². The molecule has 0 aliphatic rings. The van der Waals surface area contributed by atoms with Crippen molar-refractivity contribution < 1.29 is 27.4 Å². The summed E-state index contributed by atoms with van der Waals surface area (Å²) in [6, 6.07) is 2.80. The molecule has 8 heteroatoms. The van der Waals surface area contributed by atoms with Gasteiger partial charge in [0.1, 0.15) is 0 Å². The number of methoxy groups -OCH3 is 2. The largest absolute Gasteiger partial charge is 0.493 e.